The van der Waals surface area contributed by atoms with Crippen LogP contribution >= 0.6 is 0 Å². The van der Waals surface area contributed by atoms with Gasteiger partial charge >= 0.3 is 5.97 Å². The molecule has 0 atom stereocenters. The summed E-state index contributed by atoms with van der Waals surface area (Å²) in [5.74, 6) is 0.733. The van der Waals surface area contributed by atoms with Gasteiger partial charge in [-0.3, -0.25) is 4.79 Å². The Hall–Kier alpha value is -2.75. The van der Waals surface area contributed by atoms with Gasteiger partial charge in [0.05, 0.1) is 13.5 Å². The van der Waals surface area contributed by atoms with Crippen LogP contribution in [0.25, 0.3) is 10.9 Å². The number of ether oxygens (including phenoxy) is 2. The van der Waals surface area contributed by atoms with Crippen molar-refractivity contribution in [3.63, 3.8) is 0 Å². The average Bonchev–Trinajstić information content (AvgIpc) is 2.97. The van der Waals surface area contributed by atoms with E-state index in [1.165, 1.54) is 5.39 Å². The Morgan fingerprint density at radius 1 is 1.00 bits per heavy atom. The van der Waals surface area contributed by atoms with Crippen LogP contribution in [0, 0.1) is 0 Å². The number of aromatic nitrogens is 1. The Labute approximate surface area is 128 Å². The number of benzene rings is 2. The molecule has 3 rings (SSSR count). The van der Waals surface area contributed by atoms with Crippen molar-refractivity contribution < 1.29 is 14.3 Å². The number of esters is 1. The topological polar surface area (TPSA) is 40.5 Å². The molecule has 0 radical (unpaired) electrons. The van der Waals surface area contributed by atoms with Crippen LogP contribution in [0.15, 0.2) is 60.8 Å². The molecule has 1 aromatic heterocycles. The van der Waals surface area contributed by atoms with Gasteiger partial charge in [-0.15, -0.1) is 0 Å². The lowest BCUT2D eigenvalue weighted by atomic mass is 10.2. The van der Waals surface area contributed by atoms with Crippen molar-refractivity contribution >= 4 is 16.9 Å². The molecule has 0 aliphatic rings. The van der Waals surface area contributed by atoms with Crippen molar-refractivity contribution in [2.75, 3.05) is 7.11 Å². The zero-order valence-electron chi connectivity index (χ0n) is 12.4. The van der Waals surface area contributed by atoms with Crippen LogP contribution < -0.4 is 9.47 Å². The Kier molecular flexibility index (Phi) is 4.10. The molecule has 0 spiro atoms. The number of para-hydroxylation sites is 3. The third-order valence-electron chi connectivity index (χ3n) is 3.53. The first-order chi connectivity index (χ1) is 10.8. The van der Waals surface area contributed by atoms with Gasteiger partial charge in [-0.25, -0.2) is 0 Å². The maximum atomic E-state index is 12.0. The molecule has 0 N–H and O–H groups in total. The number of nitrogens with zero attached hydrogens (tertiary/aromatic N) is 1. The summed E-state index contributed by atoms with van der Waals surface area (Å²) in [4.78, 5) is 12.0. The van der Waals surface area contributed by atoms with Crippen LogP contribution in [-0.4, -0.2) is 17.6 Å². The van der Waals surface area contributed by atoms with Crippen LogP contribution in [0.2, 0.25) is 0 Å². The number of methoxy groups -OCH3 is 1. The fourth-order valence-corrected chi connectivity index (χ4v) is 2.42. The minimum atomic E-state index is -0.276. The van der Waals surface area contributed by atoms with E-state index in [2.05, 4.69) is 10.6 Å². The maximum absolute atomic E-state index is 12.0. The Bertz CT molecular complexity index is 792. The molecule has 0 aliphatic heterocycles. The Morgan fingerprint density at radius 3 is 2.55 bits per heavy atom. The summed E-state index contributed by atoms with van der Waals surface area (Å²) in [5, 5.41) is 1.17. The van der Waals surface area contributed by atoms with E-state index < -0.39 is 0 Å². The summed E-state index contributed by atoms with van der Waals surface area (Å²) in [6.07, 6.45) is 2.29. The molecule has 0 fully saturated rings. The highest BCUT2D eigenvalue weighted by Crippen LogP contribution is 2.26. The quantitative estimate of drug-likeness (QED) is 0.533. The van der Waals surface area contributed by atoms with Crippen molar-refractivity contribution in [3.8, 4) is 11.5 Å². The zero-order valence-corrected chi connectivity index (χ0v) is 12.4. The normalized spacial score (nSPS) is 10.6. The molecule has 3 aromatic rings. The van der Waals surface area contributed by atoms with E-state index in [4.69, 9.17) is 9.47 Å². The van der Waals surface area contributed by atoms with Crippen LogP contribution in [-0.2, 0) is 11.3 Å². The number of hydrogen-bond acceptors (Lipinski definition) is 3. The Morgan fingerprint density at radius 2 is 1.73 bits per heavy atom. The molecule has 0 unspecified atom stereocenters. The lowest BCUT2D eigenvalue weighted by Crippen LogP contribution is -2.12. The number of carbonyl (C=O) groups excluding carboxylic acids is 1. The zero-order chi connectivity index (χ0) is 15.4. The summed E-state index contributed by atoms with van der Waals surface area (Å²) >= 11 is 0. The number of hydrogen-bond donors (Lipinski definition) is 0. The van der Waals surface area contributed by atoms with E-state index in [1.54, 1.807) is 19.2 Å². The molecule has 22 heavy (non-hydrogen) atoms. The largest absolute Gasteiger partial charge is 0.493 e. The highest BCUT2D eigenvalue weighted by molar-refractivity contribution is 5.80. The van der Waals surface area contributed by atoms with E-state index in [0.717, 1.165) is 5.52 Å². The van der Waals surface area contributed by atoms with Crippen LogP contribution in [0.3, 0.4) is 0 Å². The predicted octanol–water partition coefficient (Wildman–Crippen LogP) is 3.65. The first-order valence-electron chi connectivity index (χ1n) is 7.15. The number of fused-ring (bicyclic) bond motifs is 1. The second-order valence-corrected chi connectivity index (χ2v) is 4.94. The van der Waals surface area contributed by atoms with Gasteiger partial charge in [-0.1, -0.05) is 30.3 Å². The smallest absolute Gasteiger partial charge is 0.313 e. The van der Waals surface area contributed by atoms with Gasteiger partial charge in [-0.05, 0) is 29.7 Å². The lowest BCUT2D eigenvalue weighted by molar-refractivity contribution is -0.134. The fraction of sp³-hybridized carbons (Fsp3) is 0.167. The van der Waals surface area contributed by atoms with Crippen LogP contribution in [0.1, 0.15) is 6.42 Å². The van der Waals surface area contributed by atoms with E-state index in [1.807, 2.05) is 42.6 Å². The first-order valence-corrected chi connectivity index (χ1v) is 7.15. The van der Waals surface area contributed by atoms with Gasteiger partial charge in [0.15, 0.2) is 11.5 Å². The lowest BCUT2D eigenvalue weighted by Gasteiger charge is -2.09. The molecule has 0 bridgehead atoms. The first kappa shape index (κ1) is 14.2. The molecule has 2 aromatic carbocycles. The molecule has 4 heteroatoms. The molecule has 1 heterocycles. The molecule has 4 nitrogen and oxygen atoms in total. The number of carbonyl (C=O) groups is 1. The average molecular weight is 295 g/mol. The SMILES string of the molecule is COc1ccccc1OC(=O)CCn1ccc2ccccc21. The number of aryl methyl sites for hydroxylation is 1. The molecule has 0 saturated heterocycles. The van der Waals surface area contributed by atoms with Crippen molar-refractivity contribution in [2.24, 2.45) is 0 Å². The molecule has 0 saturated carbocycles. The monoisotopic (exact) mass is 295 g/mol. The van der Waals surface area contributed by atoms with Gasteiger partial charge in [0, 0.05) is 18.3 Å². The third kappa shape index (κ3) is 2.96. The van der Waals surface area contributed by atoms with Crippen molar-refractivity contribution in [1.29, 1.82) is 0 Å². The van der Waals surface area contributed by atoms with Crippen molar-refractivity contribution in [1.82, 2.24) is 4.57 Å². The predicted molar refractivity (Wildman–Crippen MR) is 85.2 cm³/mol. The molecule has 112 valence electrons. The fourth-order valence-electron chi connectivity index (χ4n) is 2.42. The van der Waals surface area contributed by atoms with Gasteiger partial charge < -0.3 is 14.0 Å². The van der Waals surface area contributed by atoms with Crippen LogP contribution in [0.5, 0.6) is 11.5 Å². The van der Waals surface area contributed by atoms with Gasteiger partial charge in [-0.2, -0.15) is 0 Å². The van der Waals surface area contributed by atoms with Crippen molar-refractivity contribution in [3.05, 3.63) is 60.8 Å². The highest BCUT2D eigenvalue weighted by atomic mass is 16.6. The third-order valence-corrected chi connectivity index (χ3v) is 3.53. The van der Waals surface area contributed by atoms with E-state index in [-0.39, 0.29) is 5.97 Å². The van der Waals surface area contributed by atoms with E-state index in [0.29, 0.717) is 24.5 Å². The minimum absolute atomic E-state index is 0.276. The second kappa shape index (κ2) is 6.35. The molecule has 0 amide bonds. The second-order valence-electron chi connectivity index (χ2n) is 4.94. The molecular formula is C18H17NO3. The summed E-state index contributed by atoms with van der Waals surface area (Å²) in [7, 11) is 1.55. The van der Waals surface area contributed by atoms with Gasteiger partial charge in [0.1, 0.15) is 0 Å². The summed E-state index contributed by atoms with van der Waals surface area (Å²) < 4.78 is 12.6. The highest BCUT2D eigenvalue weighted by Gasteiger charge is 2.10. The number of rotatable bonds is 5. The standard InChI is InChI=1S/C18H17NO3/c1-21-16-8-4-5-9-17(16)22-18(20)11-13-19-12-10-14-6-2-3-7-15(14)19/h2-10,12H,11,13H2,1H3. The van der Waals surface area contributed by atoms with Gasteiger partial charge in [0.2, 0.25) is 0 Å². The van der Waals surface area contributed by atoms with Crippen LogP contribution in [0.4, 0.5) is 0 Å². The van der Waals surface area contributed by atoms with E-state index >= 15 is 0 Å². The summed E-state index contributed by atoms with van der Waals surface area (Å²) in [5.41, 5.74) is 1.12. The maximum Gasteiger partial charge on any atom is 0.313 e. The van der Waals surface area contributed by atoms with Crippen molar-refractivity contribution in [2.45, 2.75) is 13.0 Å². The van der Waals surface area contributed by atoms with E-state index in [9.17, 15) is 4.79 Å². The van der Waals surface area contributed by atoms with Gasteiger partial charge in [0.25, 0.3) is 0 Å². The molecular weight excluding hydrogens is 278 g/mol. The Balaban J connectivity index is 1.65. The summed E-state index contributed by atoms with van der Waals surface area (Å²) in [6, 6.07) is 17.3. The molecule has 0 aliphatic carbocycles. The minimum Gasteiger partial charge on any atom is -0.493 e. The summed E-state index contributed by atoms with van der Waals surface area (Å²) in [6.45, 7) is 0.585.